The molecule has 0 aliphatic rings. The van der Waals surface area contributed by atoms with Gasteiger partial charge in [0.1, 0.15) is 0 Å². The Morgan fingerprint density at radius 1 is 1.00 bits per heavy atom. The first-order valence-electron chi connectivity index (χ1n) is 1.67. The van der Waals surface area contributed by atoms with Crippen LogP contribution in [0.3, 0.4) is 0 Å². The van der Waals surface area contributed by atoms with E-state index in [2.05, 4.69) is 33.6 Å². The summed E-state index contributed by atoms with van der Waals surface area (Å²) in [7, 11) is 0. The number of rotatable bonds is 0. The molecule has 0 aliphatic carbocycles. The first kappa shape index (κ1) is 16.8. The Labute approximate surface area is 82.8 Å². The molecule has 0 aliphatic heterocycles. The second-order valence-electron chi connectivity index (χ2n) is 0.748. The number of carbonyl (C=O) groups is 2. The van der Waals surface area contributed by atoms with Crippen LogP contribution in [0.2, 0.25) is 0 Å². The van der Waals surface area contributed by atoms with Crippen molar-refractivity contribution in [1.29, 1.82) is 0 Å². The molecule has 11 heavy (non-hydrogen) atoms. The average molecular weight is 246 g/mol. The van der Waals surface area contributed by atoms with E-state index in [0.717, 1.165) is 0 Å². The van der Waals surface area contributed by atoms with Gasteiger partial charge < -0.3 is 10.2 Å². The first-order valence-corrected chi connectivity index (χ1v) is 2.40. The van der Waals surface area contributed by atoms with Gasteiger partial charge in [-0.15, -0.1) is 8.73 Å². The summed E-state index contributed by atoms with van der Waals surface area (Å²) in [6.07, 6.45) is -2.61. The summed E-state index contributed by atoms with van der Waals surface area (Å²) < 4.78 is 4.78. The monoisotopic (exact) mass is 245 g/mol. The molecule has 2 amide bonds. The Hall–Kier alpha value is -0.501. The van der Waals surface area contributed by atoms with E-state index in [1.807, 2.05) is 0 Å². The molecule has 6 nitrogen and oxygen atoms in total. The molecule has 0 saturated heterocycles. The molecule has 0 spiro atoms. The Morgan fingerprint density at radius 2 is 1.09 bits per heavy atom. The molecule has 0 fully saturated rings. The van der Waals surface area contributed by atoms with Gasteiger partial charge in [-0.25, -0.2) is 9.59 Å². The molecule has 0 bridgehead atoms. The fourth-order valence-electron chi connectivity index (χ4n) is 0. The van der Waals surface area contributed by atoms with Crippen molar-refractivity contribution >= 4 is 37.0 Å². The van der Waals surface area contributed by atoms with Crippen LogP contribution in [0, 0.1) is 0 Å². The van der Waals surface area contributed by atoms with Gasteiger partial charge in [-0.2, -0.15) is 0 Å². The van der Waals surface area contributed by atoms with Gasteiger partial charge in [0.2, 0.25) is 0 Å². The fraction of sp³-hybridized carbons (Fsp3) is 0. The third-order valence-corrected chi connectivity index (χ3v) is 0.469. The van der Waals surface area contributed by atoms with Gasteiger partial charge in [0.05, 0.1) is 0 Å². The SMILES string of the molecule is O=C(O)N=S.O=C(O)N=S.[Cu]. The van der Waals surface area contributed by atoms with Crippen LogP contribution in [0.5, 0.6) is 0 Å². The molecule has 0 heterocycles. The minimum Gasteiger partial charge on any atom is -0.463 e. The molecule has 9 heteroatoms. The second kappa shape index (κ2) is 12.2. The maximum absolute atomic E-state index is 9.10. The first-order chi connectivity index (χ1) is 4.54. The molecule has 0 saturated carbocycles. The minimum absolute atomic E-state index is 0. The second-order valence-corrected chi connectivity index (χ2v) is 1.11. The van der Waals surface area contributed by atoms with Gasteiger partial charge in [0.25, 0.3) is 0 Å². The van der Waals surface area contributed by atoms with E-state index in [9.17, 15) is 0 Å². The largest absolute Gasteiger partial charge is 0.463 e. The quantitative estimate of drug-likeness (QED) is 0.612. The van der Waals surface area contributed by atoms with Crippen LogP contribution in [0.4, 0.5) is 9.59 Å². The molecule has 2 N–H and O–H groups in total. The Kier molecular flexibility index (Phi) is 18.7. The van der Waals surface area contributed by atoms with Crippen molar-refractivity contribution in [1.82, 2.24) is 0 Å². The van der Waals surface area contributed by atoms with E-state index in [1.165, 1.54) is 0 Å². The zero-order valence-electron chi connectivity index (χ0n) is 4.72. The van der Waals surface area contributed by atoms with Crippen molar-refractivity contribution in [2.24, 2.45) is 8.73 Å². The van der Waals surface area contributed by atoms with Crippen LogP contribution in [-0.4, -0.2) is 22.4 Å². The maximum atomic E-state index is 9.10. The average Bonchev–Trinajstić information content (AvgIpc) is 1.89. The molecule has 0 unspecified atom stereocenters. The van der Waals surface area contributed by atoms with Crippen LogP contribution in [0.1, 0.15) is 0 Å². The number of hydrogen-bond acceptors (Lipinski definition) is 4. The minimum atomic E-state index is -1.31. The molecule has 67 valence electrons. The van der Waals surface area contributed by atoms with E-state index in [0.29, 0.717) is 0 Å². The van der Waals surface area contributed by atoms with Gasteiger partial charge in [-0.3, -0.25) is 0 Å². The van der Waals surface area contributed by atoms with E-state index in [-0.39, 0.29) is 17.1 Å². The molecular weight excluding hydrogens is 244 g/mol. The summed E-state index contributed by atoms with van der Waals surface area (Å²) in [4.78, 5) is 18.2. The summed E-state index contributed by atoms with van der Waals surface area (Å²) in [6.45, 7) is 0. The Morgan fingerprint density at radius 3 is 1.09 bits per heavy atom. The number of hydrogen-bond donors (Lipinski definition) is 2. The molecule has 0 atom stereocenters. The smallest absolute Gasteiger partial charge is 0.442 e. The van der Waals surface area contributed by atoms with Crippen LogP contribution < -0.4 is 0 Å². The Bertz CT molecular complexity index is 144. The van der Waals surface area contributed by atoms with E-state index in [1.54, 1.807) is 0 Å². The van der Waals surface area contributed by atoms with E-state index < -0.39 is 12.2 Å². The predicted octanol–water partition coefficient (Wildman–Crippen LogP) is 0.787. The summed E-state index contributed by atoms with van der Waals surface area (Å²) >= 11 is 7.40. The maximum Gasteiger partial charge on any atom is 0.442 e. The van der Waals surface area contributed by atoms with Gasteiger partial charge in [-0.05, 0) is 0 Å². The van der Waals surface area contributed by atoms with Crippen molar-refractivity contribution in [2.45, 2.75) is 0 Å². The molecule has 1 radical (unpaired) electrons. The van der Waals surface area contributed by atoms with Crippen molar-refractivity contribution in [2.75, 3.05) is 0 Å². The van der Waals surface area contributed by atoms with Crippen LogP contribution in [-0.2, 0) is 41.9 Å². The summed E-state index contributed by atoms with van der Waals surface area (Å²) in [5, 5.41) is 14.9. The van der Waals surface area contributed by atoms with Crippen molar-refractivity contribution < 1.29 is 36.9 Å². The van der Waals surface area contributed by atoms with Crippen LogP contribution >= 0.6 is 0 Å². The van der Waals surface area contributed by atoms with Crippen LogP contribution in [0.25, 0.3) is 0 Å². The van der Waals surface area contributed by atoms with Gasteiger partial charge in [-0.1, -0.05) is 0 Å². The third kappa shape index (κ3) is 43.6. The molecular formula is C2H2CuN2O4S2. The van der Waals surface area contributed by atoms with Crippen molar-refractivity contribution in [3.05, 3.63) is 0 Å². The van der Waals surface area contributed by atoms with Crippen molar-refractivity contribution in [3.8, 4) is 0 Å². The summed E-state index contributed by atoms with van der Waals surface area (Å²) in [5.41, 5.74) is 0. The fourth-order valence-corrected chi connectivity index (χ4v) is 0. The predicted molar refractivity (Wildman–Crippen MR) is 35.6 cm³/mol. The summed E-state index contributed by atoms with van der Waals surface area (Å²) in [5.74, 6) is 0. The van der Waals surface area contributed by atoms with Crippen molar-refractivity contribution in [3.63, 3.8) is 0 Å². The molecule has 0 aromatic heterocycles. The normalized spacial score (nSPS) is 5.82. The molecule has 0 aromatic rings. The zero-order valence-corrected chi connectivity index (χ0v) is 7.30. The van der Waals surface area contributed by atoms with E-state index >= 15 is 0 Å². The van der Waals surface area contributed by atoms with E-state index in [4.69, 9.17) is 19.8 Å². The van der Waals surface area contributed by atoms with Gasteiger partial charge in [0, 0.05) is 41.9 Å². The number of carboxylic acid groups (broad SMARTS) is 2. The Balaban J connectivity index is -0.000000107. The zero-order chi connectivity index (χ0) is 8.57. The van der Waals surface area contributed by atoms with Crippen LogP contribution in [0.15, 0.2) is 8.73 Å². The molecule has 0 rings (SSSR count). The third-order valence-electron chi connectivity index (χ3n) is 0.156. The topological polar surface area (TPSA) is 99.3 Å². The van der Waals surface area contributed by atoms with Gasteiger partial charge >= 0.3 is 12.2 Å². The molecule has 0 aromatic carbocycles. The summed E-state index contributed by atoms with van der Waals surface area (Å²) in [6, 6.07) is 0. The number of nitrogens with zero attached hydrogens (tertiary/aromatic N) is 2. The standard InChI is InChI=1S/2CHNO2S.Cu/c2*3-1(4)2-5;/h2*(H,3,4);. The number of amides is 2. The van der Waals surface area contributed by atoms with Gasteiger partial charge in [0.15, 0.2) is 0 Å².